The van der Waals surface area contributed by atoms with E-state index in [9.17, 15) is 9.59 Å². The third-order valence-electron chi connectivity index (χ3n) is 2.55. The van der Waals surface area contributed by atoms with E-state index in [1.807, 2.05) is 24.3 Å². The summed E-state index contributed by atoms with van der Waals surface area (Å²) in [6.45, 7) is 0.602. The molecule has 0 heterocycles. The Hall–Kier alpha value is -1.20. The van der Waals surface area contributed by atoms with Crippen LogP contribution in [0.3, 0.4) is 0 Å². The van der Waals surface area contributed by atoms with Crippen molar-refractivity contribution >= 4 is 35.2 Å². The zero-order valence-electron chi connectivity index (χ0n) is 11.1. The first-order valence-electron chi connectivity index (χ1n) is 6.45. The van der Waals surface area contributed by atoms with E-state index in [-0.39, 0.29) is 12.3 Å². The number of rotatable bonds is 9. The molecule has 2 N–H and O–H groups in total. The normalized spacial score (nSPS) is 10.2. The summed E-state index contributed by atoms with van der Waals surface area (Å²) in [5.74, 6) is -0.0421. The van der Waals surface area contributed by atoms with Gasteiger partial charge in [-0.15, -0.1) is 11.8 Å². The topological polar surface area (TPSA) is 66.4 Å². The number of unbranched alkanes of at least 4 members (excludes halogenated alkanes) is 1. The molecule has 20 heavy (non-hydrogen) atoms. The number of carbonyl (C=O) groups excluding carboxylic acids is 1. The molecule has 0 radical (unpaired) electrons. The van der Waals surface area contributed by atoms with Gasteiger partial charge in [0.1, 0.15) is 0 Å². The molecule has 0 spiro atoms. The van der Waals surface area contributed by atoms with E-state index in [1.165, 1.54) is 0 Å². The number of thioether (sulfide) groups is 1. The van der Waals surface area contributed by atoms with E-state index < -0.39 is 5.97 Å². The molecule has 0 aliphatic rings. The second kappa shape index (κ2) is 9.66. The number of halogens is 1. The largest absolute Gasteiger partial charge is 0.481 e. The summed E-state index contributed by atoms with van der Waals surface area (Å²) >= 11 is 7.44. The Labute approximate surface area is 127 Å². The quantitative estimate of drug-likeness (QED) is 0.542. The van der Waals surface area contributed by atoms with Crippen LogP contribution in [0.1, 0.15) is 25.7 Å². The summed E-state index contributed by atoms with van der Waals surface area (Å²) in [4.78, 5) is 22.9. The maximum atomic E-state index is 11.5. The number of amides is 1. The van der Waals surface area contributed by atoms with Gasteiger partial charge < -0.3 is 10.4 Å². The molecule has 1 rings (SSSR count). The first-order chi connectivity index (χ1) is 9.58. The number of carboxylic acid groups (broad SMARTS) is 1. The van der Waals surface area contributed by atoms with E-state index in [0.29, 0.717) is 30.8 Å². The van der Waals surface area contributed by atoms with Crippen molar-refractivity contribution in [2.45, 2.75) is 30.6 Å². The minimum Gasteiger partial charge on any atom is -0.481 e. The van der Waals surface area contributed by atoms with Gasteiger partial charge in [-0.1, -0.05) is 11.6 Å². The number of carboxylic acids is 1. The second-order valence-corrected chi connectivity index (χ2v) is 5.86. The third-order valence-corrected chi connectivity index (χ3v) is 3.82. The highest BCUT2D eigenvalue weighted by Gasteiger charge is 2.02. The smallest absolute Gasteiger partial charge is 0.303 e. The van der Waals surface area contributed by atoms with Crippen molar-refractivity contribution in [3.63, 3.8) is 0 Å². The Balaban J connectivity index is 2.04. The van der Waals surface area contributed by atoms with E-state index in [1.54, 1.807) is 11.8 Å². The van der Waals surface area contributed by atoms with Crippen LogP contribution in [-0.2, 0) is 9.59 Å². The molecule has 110 valence electrons. The minimum absolute atomic E-state index is 0.0212. The van der Waals surface area contributed by atoms with Gasteiger partial charge in [0.25, 0.3) is 0 Å². The summed E-state index contributed by atoms with van der Waals surface area (Å²) in [5, 5.41) is 12.0. The van der Waals surface area contributed by atoms with E-state index >= 15 is 0 Å². The molecule has 1 amide bonds. The highest BCUT2D eigenvalue weighted by Crippen LogP contribution is 2.19. The monoisotopic (exact) mass is 315 g/mol. The number of hydrogen-bond acceptors (Lipinski definition) is 3. The maximum Gasteiger partial charge on any atom is 0.303 e. The lowest BCUT2D eigenvalue weighted by Gasteiger charge is -2.05. The number of nitrogens with one attached hydrogen (secondary N) is 1. The highest BCUT2D eigenvalue weighted by atomic mass is 35.5. The summed E-state index contributed by atoms with van der Waals surface area (Å²) in [5.41, 5.74) is 0. The van der Waals surface area contributed by atoms with Gasteiger partial charge in [0.2, 0.25) is 5.91 Å². The Bertz CT molecular complexity index is 437. The van der Waals surface area contributed by atoms with E-state index in [0.717, 1.165) is 10.6 Å². The standard InChI is InChI=1S/C14H18ClNO3S/c15-11-5-7-12(8-6-11)20-10-9-16-13(17)3-1-2-4-14(18)19/h5-8H,1-4,9-10H2,(H,16,17)(H,18,19). The van der Waals surface area contributed by atoms with Crippen LogP contribution in [0, 0.1) is 0 Å². The number of benzene rings is 1. The molecule has 0 saturated heterocycles. The lowest BCUT2D eigenvalue weighted by atomic mass is 10.2. The molecule has 0 aliphatic heterocycles. The van der Waals surface area contributed by atoms with Crippen molar-refractivity contribution in [3.8, 4) is 0 Å². The highest BCUT2D eigenvalue weighted by molar-refractivity contribution is 7.99. The molecule has 0 aliphatic carbocycles. The molecule has 4 nitrogen and oxygen atoms in total. The molecule has 0 bridgehead atoms. The number of carbonyl (C=O) groups is 2. The lowest BCUT2D eigenvalue weighted by molar-refractivity contribution is -0.137. The van der Waals surface area contributed by atoms with Crippen molar-refractivity contribution in [1.29, 1.82) is 0 Å². The molecule has 6 heteroatoms. The van der Waals surface area contributed by atoms with Gasteiger partial charge >= 0.3 is 5.97 Å². The van der Waals surface area contributed by atoms with Crippen LogP contribution in [0.5, 0.6) is 0 Å². The van der Waals surface area contributed by atoms with Crippen molar-refractivity contribution in [1.82, 2.24) is 5.32 Å². The predicted octanol–water partition coefficient (Wildman–Crippen LogP) is 3.19. The fourth-order valence-corrected chi connectivity index (χ4v) is 2.43. The van der Waals surface area contributed by atoms with Gasteiger partial charge in [-0.25, -0.2) is 0 Å². The predicted molar refractivity (Wildman–Crippen MR) is 81.3 cm³/mol. The molecule has 0 saturated carbocycles. The average Bonchev–Trinajstić information content (AvgIpc) is 2.41. The van der Waals surface area contributed by atoms with Gasteiger partial charge in [-0.3, -0.25) is 9.59 Å². The SMILES string of the molecule is O=C(O)CCCCC(=O)NCCSc1ccc(Cl)cc1. The Morgan fingerprint density at radius 2 is 1.80 bits per heavy atom. The zero-order valence-corrected chi connectivity index (χ0v) is 12.7. The summed E-state index contributed by atoms with van der Waals surface area (Å²) in [6.07, 6.45) is 1.67. The fourth-order valence-electron chi connectivity index (χ4n) is 1.54. The zero-order chi connectivity index (χ0) is 14.8. The average molecular weight is 316 g/mol. The first kappa shape index (κ1) is 16.9. The summed E-state index contributed by atoms with van der Waals surface area (Å²) < 4.78 is 0. The van der Waals surface area contributed by atoms with Crippen LogP contribution >= 0.6 is 23.4 Å². The lowest BCUT2D eigenvalue weighted by Crippen LogP contribution is -2.25. The van der Waals surface area contributed by atoms with Crippen LogP contribution in [0.15, 0.2) is 29.2 Å². The van der Waals surface area contributed by atoms with Gasteiger partial charge in [0.05, 0.1) is 0 Å². The number of hydrogen-bond donors (Lipinski definition) is 2. The van der Waals surface area contributed by atoms with Crippen LogP contribution < -0.4 is 5.32 Å². The third kappa shape index (κ3) is 8.07. The van der Waals surface area contributed by atoms with Crippen LogP contribution in [0.2, 0.25) is 5.02 Å². The Morgan fingerprint density at radius 1 is 1.15 bits per heavy atom. The number of aliphatic carboxylic acids is 1. The molecular weight excluding hydrogens is 298 g/mol. The maximum absolute atomic E-state index is 11.5. The van der Waals surface area contributed by atoms with Crippen LogP contribution in [0.4, 0.5) is 0 Å². The van der Waals surface area contributed by atoms with Crippen molar-refractivity contribution in [3.05, 3.63) is 29.3 Å². The second-order valence-electron chi connectivity index (χ2n) is 4.25. The van der Waals surface area contributed by atoms with Crippen LogP contribution in [0.25, 0.3) is 0 Å². The van der Waals surface area contributed by atoms with Gasteiger partial charge in [-0.05, 0) is 37.1 Å². The molecular formula is C14H18ClNO3S. The Morgan fingerprint density at radius 3 is 2.45 bits per heavy atom. The Kier molecular flexibility index (Phi) is 8.14. The van der Waals surface area contributed by atoms with Crippen molar-refractivity contribution in [2.75, 3.05) is 12.3 Å². The molecule has 1 aromatic carbocycles. The van der Waals surface area contributed by atoms with Gasteiger partial charge in [0.15, 0.2) is 0 Å². The van der Waals surface area contributed by atoms with Crippen molar-refractivity contribution < 1.29 is 14.7 Å². The molecule has 0 atom stereocenters. The molecule has 1 aromatic rings. The molecule has 0 unspecified atom stereocenters. The summed E-state index contributed by atoms with van der Waals surface area (Å²) in [7, 11) is 0. The van der Waals surface area contributed by atoms with Crippen molar-refractivity contribution in [2.24, 2.45) is 0 Å². The minimum atomic E-state index is -0.815. The molecule has 0 fully saturated rings. The van der Waals surface area contributed by atoms with Crippen LogP contribution in [-0.4, -0.2) is 29.3 Å². The first-order valence-corrected chi connectivity index (χ1v) is 7.81. The summed E-state index contributed by atoms with van der Waals surface area (Å²) in [6, 6.07) is 7.57. The van der Waals surface area contributed by atoms with Gasteiger partial charge in [-0.2, -0.15) is 0 Å². The van der Waals surface area contributed by atoms with Gasteiger partial charge in [0, 0.05) is 35.1 Å². The van der Waals surface area contributed by atoms with E-state index in [2.05, 4.69) is 5.32 Å². The fraction of sp³-hybridized carbons (Fsp3) is 0.429. The van der Waals surface area contributed by atoms with E-state index in [4.69, 9.17) is 16.7 Å². The molecule has 0 aromatic heterocycles.